The molecule has 0 saturated carbocycles. The van der Waals surface area contributed by atoms with Gasteiger partial charge in [-0.3, -0.25) is 4.79 Å². The molecule has 0 atom stereocenters. The summed E-state index contributed by atoms with van der Waals surface area (Å²) >= 11 is 3.03. The lowest BCUT2D eigenvalue weighted by Crippen LogP contribution is -2.27. The maximum absolute atomic E-state index is 13.1. The quantitative estimate of drug-likeness (QED) is 0.675. The first-order valence-corrected chi connectivity index (χ1v) is 5.74. The molecule has 7 heteroatoms. The van der Waals surface area contributed by atoms with E-state index in [4.69, 9.17) is 10.5 Å². The van der Waals surface area contributed by atoms with Crippen molar-refractivity contribution in [3.8, 4) is 0 Å². The van der Waals surface area contributed by atoms with Gasteiger partial charge in [-0.1, -0.05) is 0 Å². The standard InChI is InChI=1S/C11H12BrFN2O3/c1-15(2)10(16)5-18-11(17)6-3-9(14)8(13)4-7(6)12/h3-4H,5,14H2,1-2H3. The average molecular weight is 319 g/mol. The van der Waals surface area contributed by atoms with Crippen LogP contribution in [0, 0.1) is 5.82 Å². The summed E-state index contributed by atoms with van der Waals surface area (Å²) in [4.78, 5) is 24.2. The molecule has 5 nitrogen and oxygen atoms in total. The number of nitrogens with two attached hydrogens (primary N) is 1. The van der Waals surface area contributed by atoms with Gasteiger partial charge in [0.05, 0.1) is 11.3 Å². The Morgan fingerprint density at radius 2 is 2.06 bits per heavy atom. The van der Waals surface area contributed by atoms with Crippen molar-refractivity contribution in [1.29, 1.82) is 0 Å². The third kappa shape index (κ3) is 3.43. The molecule has 0 unspecified atom stereocenters. The monoisotopic (exact) mass is 318 g/mol. The highest BCUT2D eigenvalue weighted by Gasteiger charge is 2.16. The fourth-order valence-electron chi connectivity index (χ4n) is 1.06. The van der Waals surface area contributed by atoms with Gasteiger partial charge in [0.15, 0.2) is 6.61 Å². The van der Waals surface area contributed by atoms with Crippen LogP contribution in [0.4, 0.5) is 10.1 Å². The fraction of sp³-hybridized carbons (Fsp3) is 0.273. The van der Waals surface area contributed by atoms with E-state index in [2.05, 4.69) is 15.9 Å². The number of rotatable bonds is 3. The van der Waals surface area contributed by atoms with E-state index in [0.29, 0.717) is 0 Å². The molecule has 0 fully saturated rings. The molecule has 1 aromatic rings. The van der Waals surface area contributed by atoms with Gasteiger partial charge in [-0.25, -0.2) is 9.18 Å². The normalized spacial score (nSPS) is 10.0. The van der Waals surface area contributed by atoms with Crippen molar-refractivity contribution in [3.05, 3.63) is 28.0 Å². The predicted molar refractivity (Wildman–Crippen MR) is 67.5 cm³/mol. The number of hydrogen-bond donors (Lipinski definition) is 1. The summed E-state index contributed by atoms with van der Waals surface area (Å²) in [5, 5.41) is 0. The Kier molecular flexibility index (Phi) is 4.66. The van der Waals surface area contributed by atoms with Crippen molar-refractivity contribution >= 4 is 33.5 Å². The van der Waals surface area contributed by atoms with Crippen molar-refractivity contribution in [2.45, 2.75) is 0 Å². The number of hydrogen-bond acceptors (Lipinski definition) is 4. The molecule has 0 radical (unpaired) electrons. The van der Waals surface area contributed by atoms with Gasteiger partial charge in [0.25, 0.3) is 5.91 Å². The van der Waals surface area contributed by atoms with Crippen LogP contribution in [0.2, 0.25) is 0 Å². The van der Waals surface area contributed by atoms with Crippen molar-refractivity contribution in [2.75, 3.05) is 26.4 Å². The van der Waals surface area contributed by atoms with E-state index in [1.165, 1.54) is 4.90 Å². The predicted octanol–water partition coefficient (Wildman–Crippen LogP) is 1.42. The Morgan fingerprint density at radius 1 is 1.44 bits per heavy atom. The summed E-state index contributed by atoms with van der Waals surface area (Å²) in [5.41, 5.74) is 5.26. The Labute approximate surface area is 112 Å². The molecular weight excluding hydrogens is 307 g/mol. The molecule has 1 rings (SSSR count). The van der Waals surface area contributed by atoms with Crippen LogP contribution in [-0.2, 0) is 9.53 Å². The molecule has 98 valence electrons. The zero-order valence-electron chi connectivity index (χ0n) is 9.87. The summed E-state index contributed by atoms with van der Waals surface area (Å²) in [6.45, 7) is -0.379. The van der Waals surface area contributed by atoms with E-state index in [0.717, 1.165) is 12.1 Å². The number of esters is 1. The highest BCUT2D eigenvalue weighted by atomic mass is 79.9. The maximum atomic E-state index is 13.1. The number of nitrogen functional groups attached to an aromatic ring is 1. The number of nitrogens with zero attached hydrogens (tertiary/aromatic N) is 1. The Bertz CT molecular complexity index is 491. The molecule has 0 aromatic heterocycles. The van der Waals surface area contributed by atoms with Gasteiger partial charge in [0.1, 0.15) is 5.82 Å². The number of carbonyl (C=O) groups excluding carboxylic acids is 2. The van der Waals surface area contributed by atoms with Gasteiger partial charge in [-0.05, 0) is 28.1 Å². The lowest BCUT2D eigenvalue weighted by atomic mass is 10.2. The Balaban J connectivity index is 2.79. The number of carbonyl (C=O) groups is 2. The smallest absolute Gasteiger partial charge is 0.339 e. The molecule has 0 aliphatic heterocycles. The summed E-state index contributed by atoms with van der Waals surface area (Å²) in [5.74, 6) is -1.74. The van der Waals surface area contributed by atoms with Crippen LogP contribution in [-0.4, -0.2) is 37.5 Å². The first-order chi connectivity index (χ1) is 8.32. The van der Waals surface area contributed by atoms with E-state index >= 15 is 0 Å². The van der Waals surface area contributed by atoms with E-state index < -0.39 is 11.8 Å². The van der Waals surface area contributed by atoms with Crippen molar-refractivity contribution in [3.63, 3.8) is 0 Å². The first-order valence-electron chi connectivity index (χ1n) is 4.94. The molecule has 18 heavy (non-hydrogen) atoms. The van der Waals surface area contributed by atoms with Gasteiger partial charge >= 0.3 is 5.97 Å². The zero-order chi connectivity index (χ0) is 13.9. The maximum Gasteiger partial charge on any atom is 0.339 e. The lowest BCUT2D eigenvalue weighted by molar-refractivity contribution is -0.131. The van der Waals surface area contributed by atoms with Crippen molar-refractivity contribution in [1.82, 2.24) is 4.90 Å². The van der Waals surface area contributed by atoms with Crippen LogP contribution >= 0.6 is 15.9 Å². The number of likely N-dealkylation sites (N-methyl/N-ethyl adjacent to an activating group) is 1. The third-order valence-electron chi connectivity index (χ3n) is 2.13. The highest BCUT2D eigenvalue weighted by molar-refractivity contribution is 9.10. The van der Waals surface area contributed by atoms with Gasteiger partial charge < -0.3 is 15.4 Å². The summed E-state index contributed by atoms with van der Waals surface area (Å²) < 4.78 is 18.1. The number of benzene rings is 1. The van der Waals surface area contributed by atoms with Crippen LogP contribution in [0.3, 0.4) is 0 Å². The summed E-state index contributed by atoms with van der Waals surface area (Å²) in [7, 11) is 3.09. The first kappa shape index (κ1) is 14.4. The van der Waals surface area contributed by atoms with Crippen LogP contribution < -0.4 is 5.73 Å². The van der Waals surface area contributed by atoms with Gasteiger partial charge in [-0.2, -0.15) is 0 Å². The molecule has 1 aromatic carbocycles. The van der Waals surface area contributed by atoms with Crippen LogP contribution in [0.25, 0.3) is 0 Å². The molecule has 0 heterocycles. The molecule has 2 N–H and O–H groups in total. The Morgan fingerprint density at radius 3 is 2.61 bits per heavy atom. The largest absolute Gasteiger partial charge is 0.452 e. The number of anilines is 1. The summed E-state index contributed by atoms with van der Waals surface area (Å²) in [6, 6.07) is 2.22. The molecule has 1 amide bonds. The average Bonchev–Trinajstić information content (AvgIpc) is 2.30. The Hall–Kier alpha value is -1.63. The molecule has 0 aliphatic rings. The van der Waals surface area contributed by atoms with Gasteiger partial charge in [0, 0.05) is 18.6 Å². The molecule has 0 saturated heterocycles. The molecule has 0 aliphatic carbocycles. The van der Waals surface area contributed by atoms with Crippen molar-refractivity contribution in [2.24, 2.45) is 0 Å². The van der Waals surface area contributed by atoms with Gasteiger partial charge in [-0.15, -0.1) is 0 Å². The topological polar surface area (TPSA) is 72.6 Å². The van der Waals surface area contributed by atoms with E-state index in [9.17, 15) is 14.0 Å². The SMILES string of the molecule is CN(C)C(=O)COC(=O)c1cc(N)c(F)cc1Br. The second-order valence-electron chi connectivity index (χ2n) is 3.72. The second kappa shape index (κ2) is 5.81. The summed E-state index contributed by atoms with van der Waals surface area (Å²) in [6.07, 6.45) is 0. The van der Waals surface area contributed by atoms with E-state index in [1.54, 1.807) is 14.1 Å². The molecule has 0 spiro atoms. The van der Waals surface area contributed by atoms with Gasteiger partial charge in [0.2, 0.25) is 0 Å². The second-order valence-corrected chi connectivity index (χ2v) is 4.57. The number of amides is 1. The van der Waals surface area contributed by atoms with Crippen molar-refractivity contribution < 1.29 is 18.7 Å². The minimum atomic E-state index is -0.747. The van der Waals surface area contributed by atoms with Crippen LogP contribution in [0.5, 0.6) is 0 Å². The van der Waals surface area contributed by atoms with E-state index in [-0.39, 0.29) is 28.2 Å². The van der Waals surface area contributed by atoms with Crippen LogP contribution in [0.1, 0.15) is 10.4 Å². The fourth-order valence-corrected chi connectivity index (χ4v) is 1.53. The lowest BCUT2D eigenvalue weighted by Gasteiger charge is -2.11. The number of halogens is 2. The van der Waals surface area contributed by atoms with Crippen LogP contribution in [0.15, 0.2) is 16.6 Å². The molecular formula is C11H12BrFN2O3. The third-order valence-corrected chi connectivity index (χ3v) is 2.79. The minimum Gasteiger partial charge on any atom is -0.452 e. The minimum absolute atomic E-state index is 0.0699. The highest BCUT2D eigenvalue weighted by Crippen LogP contribution is 2.23. The zero-order valence-corrected chi connectivity index (χ0v) is 11.5. The van der Waals surface area contributed by atoms with E-state index in [1.807, 2.05) is 0 Å². The number of ether oxygens (including phenoxy) is 1. The molecule has 0 bridgehead atoms.